The summed E-state index contributed by atoms with van der Waals surface area (Å²) in [6, 6.07) is 0. The Labute approximate surface area is 94.1 Å². The van der Waals surface area contributed by atoms with Crippen molar-refractivity contribution in [2.24, 2.45) is 0 Å². The fourth-order valence-electron chi connectivity index (χ4n) is 1.84. The first-order valence-electron chi connectivity index (χ1n) is 5.53. The van der Waals surface area contributed by atoms with Crippen molar-refractivity contribution >= 4 is 11.9 Å². The van der Waals surface area contributed by atoms with Gasteiger partial charge in [-0.1, -0.05) is 0 Å². The third-order valence-electron chi connectivity index (χ3n) is 2.85. The maximum absolute atomic E-state index is 11.4. The molecule has 0 unspecified atom stereocenters. The predicted molar refractivity (Wildman–Crippen MR) is 54.8 cm³/mol. The van der Waals surface area contributed by atoms with Gasteiger partial charge in [0.1, 0.15) is 6.61 Å². The van der Waals surface area contributed by atoms with E-state index in [0.717, 1.165) is 32.8 Å². The van der Waals surface area contributed by atoms with Crippen LogP contribution in [0.1, 0.15) is 0 Å². The number of hydrogen-bond donors (Lipinski definition) is 0. The van der Waals surface area contributed by atoms with E-state index in [1.807, 2.05) is 0 Å². The van der Waals surface area contributed by atoms with Crippen molar-refractivity contribution in [1.82, 2.24) is 9.80 Å². The first kappa shape index (κ1) is 11.3. The summed E-state index contributed by atoms with van der Waals surface area (Å²) >= 11 is 0. The SMILES string of the molecule is O=C1OCCN(CCN2CCOCC2)C1=O. The van der Waals surface area contributed by atoms with Crippen LogP contribution >= 0.6 is 0 Å². The summed E-state index contributed by atoms with van der Waals surface area (Å²) < 4.78 is 9.88. The Morgan fingerprint density at radius 3 is 2.50 bits per heavy atom. The molecule has 0 radical (unpaired) electrons. The van der Waals surface area contributed by atoms with E-state index >= 15 is 0 Å². The van der Waals surface area contributed by atoms with E-state index < -0.39 is 11.9 Å². The minimum Gasteiger partial charge on any atom is -0.457 e. The third-order valence-corrected chi connectivity index (χ3v) is 2.85. The molecule has 2 fully saturated rings. The molecular formula is C10H16N2O4. The zero-order valence-corrected chi connectivity index (χ0v) is 9.18. The zero-order valence-electron chi connectivity index (χ0n) is 9.18. The Hall–Kier alpha value is -1.14. The van der Waals surface area contributed by atoms with Gasteiger partial charge >= 0.3 is 11.9 Å². The maximum Gasteiger partial charge on any atom is 0.397 e. The molecule has 0 N–H and O–H groups in total. The molecule has 6 heteroatoms. The minimum absolute atomic E-state index is 0.313. The summed E-state index contributed by atoms with van der Waals surface area (Å²) in [5.41, 5.74) is 0. The largest absolute Gasteiger partial charge is 0.457 e. The number of nitrogens with zero attached hydrogens (tertiary/aromatic N) is 2. The molecule has 1 amide bonds. The number of morpholine rings is 2. The van der Waals surface area contributed by atoms with Crippen LogP contribution in [0, 0.1) is 0 Å². The fraction of sp³-hybridized carbons (Fsp3) is 0.800. The molecule has 90 valence electrons. The molecular weight excluding hydrogens is 212 g/mol. The molecule has 16 heavy (non-hydrogen) atoms. The summed E-state index contributed by atoms with van der Waals surface area (Å²) in [4.78, 5) is 26.2. The van der Waals surface area contributed by atoms with Gasteiger partial charge in [-0.3, -0.25) is 9.69 Å². The van der Waals surface area contributed by atoms with Gasteiger partial charge in [0.2, 0.25) is 0 Å². The van der Waals surface area contributed by atoms with E-state index in [1.165, 1.54) is 0 Å². The second-order valence-corrected chi connectivity index (χ2v) is 3.88. The lowest BCUT2D eigenvalue weighted by Crippen LogP contribution is -2.49. The van der Waals surface area contributed by atoms with E-state index in [0.29, 0.717) is 19.7 Å². The topological polar surface area (TPSA) is 59.1 Å². The summed E-state index contributed by atoms with van der Waals surface area (Å²) in [6.45, 7) is 5.49. The number of rotatable bonds is 3. The van der Waals surface area contributed by atoms with Crippen molar-refractivity contribution in [3.8, 4) is 0 Å². The quantitative estimate of drug-likeness (QED) is 0.444. The Kier molecular flexibility index (Phi) is 3.74. The molecule has 2 aliphatic heterocycles. The van der Waals surface area contributed by atoms with Gasteiger partial charge in [0.05, 0.1) is 19.8 Å². The van der Waals surface area contributed by atoms with Crippen molar-refractivity contribution in [1.29, 1.82) is 0 Å². The first-order chi connectivity index (χ1) is 7.77. The molecule has 0 aromatic rings. The lowest BCUT2D eigenvalue weighted by Gasteiger charge is -2.31. The molecule has 0 bridgehead atoms. The molecule has 6 nitrogen and oxygen atoms in total. The average molecular weight is 228 g/mol. The molecule has 0 spiro atoms. The van der Waals surface area contributed by atoms with Gasteiger partial charge in [-0.05, 0) is 0 Å². The highest BCUT2D eigenvalue weighted by molar-refractivity contribution is 6.32. The normalized spacial score (nSPS) is 23.4. The zero-order chi connectivity index (χ0) is 11.4. The van der Waals surface area contributed by atoms with E-state index in [9.17, 15) is 9.59 Å². The smallest absolute Gasteiger partial charge is 0.397 e. The van der Waals surface area contributed by atoms with Crippen LogP contribution in [0.5, 0.6) is 0 Å². The standard InChI is InChI=1S/C10H16N2O4/c13-9-10(14)16-8-5-12(9)2-1-11-3-6-15-7-4-11/h1-8H2. The fourth-order valence-corrected chi connectivity index (χ4v) is 1.84. The number of ether oxygens (including phenoxy) is 2. The minimum atomic E-state index is -0.728. The van der Waals surface area contributed by atoms with E-state index in [2.05, 4.69) is 9.64 Å². The molecule has 0 atom stereocenters. The first-order valence-corrected chi connectivity index (χ1v) is 5.53. The van der Waals surface area contributed by atoms with E-state index in [4.69, 9.17) is 4.74 Å². The van der Waals surface area contributed by atoms with Gasteiger partial charge in [-0.2, -0.15) is 0 Å². The van der Waals surface area contributed by atoms with Crippen molar-refractivity contribution < 1.29 is 19.1 Å². The van der Waals surface area contributed by atoms with E-state index in [-0.39, 0.29) is 0 Å². The summed E-state index contributed by atoms with van der Waals surface area (Å²) in [6.07, 6.45) is 0. The lowest BCUT2D eigenvalue weighted by molar-refractivity contribution is -0.166. The van der Waals surface area contributed by atoms with Crippen molar-refractivity contribution in [3.05, 3.63) is 0 Å². The molecule has 2 rings (SSSR count). The lowest BCUT2D eigenvalue weighted by atomic mass is 10.3. The summed E-state index contributed by atoms with van der Waals surface area (Å²) in [5.74, 6) is -1.24. The number of cyclic esters (lactones) is 1. The van der Waals surface area contributed by atoms with Crippen LogP contribution < -0.4 is 0 Å². The second-order valence-electron chi connectivity index (χ2n) is 3.88. The summed E-state index contributed by atoms with van der Waals surface area (Å²) in [7, 11) is 0. The Morgan fingerprint density at radius 2 is 1.75 bits per heavy atom. The van der Waals surface area contributed by atoms with Gasteiger partial charge in [0.25, 0.3) is 0 Å². The van der Waals surface area contributed by atoms with Crippen LogP contribution in [0.4, 0.5) is 0 Å². The van der Waals surface area contributed by atoms with Crippen LogP contribution in [-0.4, -0.2) is 74.2 Å². The van der Waals surface area contributed by atoms with Crippen molar-refractivity contribution in [2.75, 3.05) is 52.5 Å². The Morgan fingerprint density at radius 1 is 1.00 bits per heavy atom. The van der Waals surface area contributed by atoms with Crippen LogP contribution in [0.15, 0.2) is 0 Å². The predicted octanol–water partition coefficient (Wildman–Crippen LogP) is -1.30. The van der Waals surface area contributed by atoms with Gasteiger partial charge in [-0.25, -0.2) is 4.79 Å². The Bertz CT molecular complexity index is 276. The maximum atomic E-state index is 11.4. The monoisotopic (exact) mass is 228 g/mol. The molecule has 2 saturated heterocycles. The third kappa shape index (κ3) is 2.70. The molecule has 0 saturated carbocycles. The molecule has 0 aromatic heterocycles. The molecule has 0 aromatic carbocycles. The molecule has 0 aliphatic carbocycles. The van der Waals surface area contributed by atoms with Crippen LogP contribution in [0.2, 0.25) is 0 Å². The number of hydrogen-bond acceptors (Lipinski definition) is 5. The van der Waals surface area contributed by atoms with Crippen LogP contribution in [-0.2, 0) is 19.1 Å². The van der Waals surface area contributed by atoms with Gasteiger partial charge in [0.15, 0.2) is 0 Å². The van der Waals surface area contributed by atoms with Gasteiger partial charge in [-0.15, -0.1) is 0 Å². The van der Waals surface area contributed by atoms with Gasteiger partial charge < -0.3 is 14.4 Å². The van der Waals surface area contributed by atoms with Crippen molar-refractivity contribution in [2.45, 2.75) is 0 Å². The number of carbonyl (C=O) groups is 2. The second kappa shape index (κ2) is 5.27. The summed E-state index contributed by atoms with van der Waals surface area (Å²) in [5, 5.41) is 0. The Balaban J connectivity index is 1.75. The highest BCUT2D eigenvalue weighted by Gasteiger charge is 2.28. The van der Waals surface area contributed by atoms with E-state index in [1.54, 1.807) is 4.90 Å². The molecule has 2 heterocycles. The average Bonchev–Trinajstić information content (AvgIpc) is 2.32. The number of amides is 1. The van der Waals surface area contributed by atoms with Crippen LogP contribution in [0.25, 0.3) is 0 Å². The molecule has 2 aliphatic rings. The van der Waals surface area contributed by atoms with Crippen LogP contribution in [0.3, 0.4) is 0 Å². The highest BCUT2D eigenvalue weighted by Crippen LogP contribution is 2.02. The number of esters is 1. The number of carbonyl (C=O) groups excluding carboxylic acids is 2. The highest BCUT2D eigenvalue weighted by atomic mass is 16.5. The van der Waals surface area contributed by atoms with Crippen molar-refractivity contribution in [3.63, 3.8) is 0 Å². The van der Waals surface area contributed by atoms with Gasteiger partial charge in [0, 0.05) is 26.2 Å².